The predicted octanol–water partition coefficient (Wildman–Crippen LogP) is 0.363. The normalized spacial score (nSPS) is 8.11. The summed E-state index contributed by atoms with van der Waals surface area (Å²) in [5.41, 5.74) is 6.65. The van der Waals surface area contributed by atoms with Crippen molar-refractivity contribution in [2.45, 2.75) is 6.92 Å². The molecular formula is C6H7N3. The summed E-state index contributed by atoms with van der Waals surface area (Å²) in [5, 5.41) is 6.39. The summed E-state index contributed by atoms with van der Waals surface area (Å²) in [6.45, 7) is 1.74. The van der Waals surface area contributed by atoms with Gasteiger partial charge in [-0.3, -0.25) is 5.10 Å². The van der Waals surface area contributed by atoms with E-state index in [1.54, 1.807) is 13.1 Å². The van der Waals surface area contributed by atoms with Gasteiger partial charge in [0.1, 0.15) is 0 Å². The van der Waals surface area contributed by atoms with Crippen molar-refractivity contribution in [3.8, 4) is 11.8 Å². The zero-order chi connectivity index (χ0) is 6.69. The molecule has 1 aromatic heterocycles. The summed E-state index contributed by atoms with van der Waals surface area (Å²) < 4.78 is 0. The van der Waals surface area contributed by atoms with Crippen molar-refractivity contribution in [1.82, 2.24) is 10.2 Å². The fourth-order valence-corrected chi connectivity index (χ4v) is 0.518. The van der Waals surface area contributed by atoms with Gasteiger partial charge in [-0.05, 0) is 12.8 Å². The average molecular weight is 121 g/mol. The molecule has 0 saturated carbocycles. The van der Waals surface area contributed by atoms with Crippen LogP contribution in [0.4, 0.5) is 5.69 Å². The van der Waals surface area contributed by atoms with Crippen LogP contribution in [0, 0.1) is 11.8 Å². The van der Waals surface area contributed by atoms with E-state index in [0.717, 1.165) is 0 Å². The fraction of sp³-hybridized carbons (Fsp3) is 0.167. The second-order valence-electron chi connectivity index (χ2n) is 1.56. The van der Waals surface area contributed by atoms with E-state index in [2.05, 4.69) is 22.0 Å². The summed E-state index contributed by atoms with van der Waals surface area (Å²) >= 11 is 0. The van der Waals surface area contributed by atoms with Gasteiger partial charge in [0.05, 0.1) is 5.69 Å². The van der Waals surface area contributed by atoms with Gasteiger partial charge in [0.15, 0.2) is 5.69 Å². The topological polar surface area (TPSA) is 54.7 Å². The Hall–Kier alpha value is -1.43. The maximum atomic E-state index is 5.43. The average Bonchev–Trinajstić information content (AvgIpc) is 2.18. The Bertz CT molecular complexity index is 251. The van der Waals surface area contributed by atoms with Crippen molar-refractivity contribution in [1.29, 1.82) is 0 Å². The number of H-pyrrole nitrogens is 1. The molecule has 3 heteroatoms. The van der Waals surface area contributed by atoms with Gasteiger partial charge in [-0.15, -0.1) is 0 Å². The molecule has 0 fully saturated rings. The summed E-state index contributed by atoms with van der Waals surface area (Å²) in [4.78, 5) is 0. The second kappa shape index (κ2) is 2.23. The molecule has 0 bridgehead atoms. The molecule has 3 nitrogen and oxygen atoms in total. The highest BCUT2D eigenvalue weighted by molar-refractivity contribution is 5.49. The molecule has 0 aromatic carbocycles. The van der Waals surface area contributed by atoms with Gasteiger partial charge in [-0.2, -0.15) is 5.10 Å². The molecule has 0 aliphatic carbocycles. The second-order valence-corrected chi connectivity index (χ2v) is 1.56. The Balaban J connectivity index is 3.03. The Morgan fingerprint density at radius 3 is 3.00 bits per heavy atom. The number of aromatic amines is 1. The highest BCUT2D eigenvalue weighted by Crippen LogP contribution is 2.02. The number of anilines is 1. The van der Waals surface area contributed by atoms with Gasteiger partial charge in [0, 0.05) is 6.20 Å². The number of hydrogen-bond donors (Lipinski definition) is 2. The van der Waals surface area contributed by atoms with Crippen LogP contribution in [0.1, 0.15) is 12.6 Å². The molecule has 0 radical (unpaired) electrons. The molecule has 3 N–H and O–H groups in total. The van der Waals surface area contributed by atoms with Gasteiger partial charge in [0.2, 0.25) is 0 Å². The van der Waals surface area contributed by atoms with Crippen molar-refractivity contribution >= 4 is 5.69 Å². The van der Waals surface area contributed by atoms with Gasteiger partial charge >= 0.3 is 0 Å². The minimum atomic E-state index is 0.601. The Morgan fingerprint density at radius 2 is 2.56 bits per heavy atom. The van der Waals surface area contributed by atoms with E-state index in [4.69, 9.17) is 5.73 Å². The van der Waals surface area contributed by atoms with Gasteiger partial charge < -0.3 is 5.73 Å². The molecule has 46 valence electrons. The van der Waals surface area contributed by atoms with Crippen molar-refractivity contribution in [2.24, 2.45) is 0 Å². The van der Waals surface area contributed by atoms with Crippen LogP contribution in [0.15, 0.2) is 6.20 Å². The van der Waals surface area contributed by atoms with Crippen LogP contribution < -0.4 is 5.73 Å². The van der Waals surface area contributed by atoms with Crippen molar-refractivity contribution in [3.05, 3.63) is 11.9 Å². The number of rotatable bonds is 0. The molecule has 0 aliphatic rings. The van der Waals surface area contributed by atoms with E-state index < -0.39 is 0 Å². The molecule has 0 amide bonds. The first-order chi connectivity index (χ1) is 4.34. The van der Waals surface area contributed by atoms with Gasteiger partial charge in [-0.1, -0.05) is 5.92 Å². The predicted molar refractivity (Wildman–Crippen MR) is 35.6 cm³/mol. The third-order valence-corrected chi connectivity index (χ3v) is 0.913. The lowest BCUT2D eigenvalue weighted by Crippen LogP contribution is -1.84. The summed E-state index contributed by atoms with van der Waals surface area (Å²) in [6, 6.07) is 0. The third kappa shape index (κ3) is 1.03. The zero-order valence-electron chi connectivity index (χ0n) is 5.10. The van der Waals surface area contributed by atoms with Crippen molar-refractivity contribution in [2.75, 3.05) is 5.73 Å². The van der Waals surface area contributed by atoms with Crippen molar-refractivity contribution < 1.29 is 0 Å². The SMILES string of the molecule is CC#Cc1n[nH]cc1N. The minimum absolute atomic E-state index is 0.601. The van der Waals surface area contributed by atoms with Crippen LogP contribution in [0.3, 0.4) is 0 Å². The molecule has 0 aliphatic heterocycles. The highest BCUT2D eigenvalue weighted by Gasteiger charge is 1.93. The number of hydrogen-bond acceptors (Lipinski definition) is 2. The van der Waals surface area contributed by atoms with Crippen LogP contribution in [0.2, 0.25) is 0 Å². The summed E-state index contributed by atoms with van der Waals surface area (Å²) in [5.74, 6) is 5.44. The largest absolute Gasteiger partial charge is 0.395 e. The Morgan fingerprint density at radius 1 is 1.78 bits per heavy atom. The first-order valence-electron chi connectivity index (χ1n) is 2.56. The summed E-state index contributed by atoms with van der Waals surface area (Å²) in [6.07, 6.45) is 1.61. The lowest BCUT2D eigenvalue weighted by Gasteiger charge is -1.79. The first kappa shape index (κ1) is 5.70. The van der Waals surface area contributed by atoms with Crippen molar-refractivity contribution in [3.63, 3.8) is 0 Å². The Labute approximate surface area is 53.3 Å². The molecule has 0 saturated heterocycles. The van der Waals surface area contributed by atoms with Gasteiger partial charge in [-0.25, -0.2) is 0 Å². The monoisotopic (exact) mass is 121 g/mol. The Kier molecular flexibility index (Phi) is 1.41. The van der Waals surface area contributed by atoms with Crippen LogP contribution in [-0.2, 0) is 0 Å². The van der Waals surface area contributed by atoms with E-state index in [-0.39, 0.29) is 0 Å². The lowest BCUT2D eigenvalue weighted by atomic mass is 10.4. The first-order valence-corrected chi connectivity index (χ1v) is 2.56. The van der Waals surface area contributed by atoms with E-state index in [9.17, 15) is 0 Å². The number of nitrogens with one attached hydrogen (secondary N) is 1. The maximum Gasteiger partial charge on any atom is 0.157 e. The number of nitrogens with two attached hydrogens (primary N) is 1. The maximum absolute atomic E-state index is 5.43. The number of nitrogen functional groups attached to an aromatic ring is 1. The molecule has 0 spiro atoms. The lowest BCUT2D eigenvalue weighted by molar-refractivity contribution is 1.08. The molecule has 1 rings (SSSR count). The summed E-state index contributed by atoms with van der Waals surface area (Å²) in [7, 11) is 0. The molecular weight excluding hydrogens is 114 g/mol. The van der Waals surface area contributed by atoms with Gasteiger partial charge in [0.25, 0.3) is 0 Å². The molecule has 0 atom stereocenters. The molecule has 1 heterocycles. The number of nitrogens with zero attached hydrogens (tertiary/aromatic N) is 1. The molecule has 0 unspecified atom stereocenters. The van der Waals surface area contributed by atoms with E-state index in [1.807, 2.05) is 0 Å². The molecule has 1 aromatic rings. The number of aromatic nitrogens is 2. The van der Waals surface area contributed by atoms with Crippen LogP contribution >= 0.6 is 0 Å². The van der Waals surface area contributed by atoms with Crippen LogP contribution in [-0.4, -0.2) is 10.2 Å². The quantitative estimate of drug-likeness (QED) is 0.487. The van der Waals surface area contributed by atoms with E-state index in [1.165, 1.54) is 0 Å². The standard InChI is InChI=1S/C6H7N3/c1-2-3-6-5(7)4-8-9-6/h4H,7H2,1H3,(H,8,9). The third-order valence-electron chi connectivity index (χ3n) is 0.913. The fourth-order valence-electron chi connectivity index (χ4n) is 0.518. The van der Waals surface area contributed by atoms with Crippen LogP contribution in [0.5, 0.6) is 0 Å². The zero-order valence-corrected chi connectivity index (χ0v) is 5.10. The van der Waals surface area contributed by atoms with E-state index in [0.29, 0.717) is 11.4 Å². The highest BCUT2D eigenvalue weighted by atomic mass is 15.1. The van der Waals surface area contributed by atoms with E-state index >= 15 is 0 Å². The molecule has 9 heavy (non-hydrogen) atoms. The minimum Gasteiger partial charge on any atom is -0.395 e. The van der Waals surface area contributed by atoms with Crippen LogP contribution in [0.25, 0.3) is 0 Å². The smallest absolute Gasteiger partial charge is 0.157 e.